The Balaban J connectivity index is 1.66. The molecule has 2 aromatic carbocycles. The minimum absolute atomic E-state index is 0.199. The highest BCUT2D eigenvalue weighted by Gasteiger charge is 2.14. The summed E-state index contributed by atoms with van der Waals surface area (Å²) < 4.78 is 13.5. The molecule has 0 saturated heterocycles. The summed E-state index contributed by atoms with van der Waals surface area (Å²) >= 11 is 0. The largest absolute Gasteiger partial charge is 0.497 e. The number of hydrogen-bond donors (Lipinski definition) is 0. The van der Waals surface area contributed by atoms with Gasteiger partial charge in [0, 0.05) is 19.0 Å². The van der Waals surface area contributed by atoms with Crippen LogP contribution >= 0.6 is 0 Å². The van der Waals surface area contributed by atoms with Gasteiger partial charge in [-0.05, 0) is 60.5 Å². The molecule has 0 saturated carbocycles. The molecule has 0 spiro atoms. The number of methoxy groups -OCH3 is 1. The first kappa shape index (κ1) is 26.3. The number of aromatic nitrogens is 4. The van der Waals surface area contributed by atoms with Crippen molar-refractivity contribution in [2.45, 2.75) is 47.3 Å². The average molecular weight is 494 g/mol. The Kier molecular flexibility index (Phi) is 9.09. The van der Waals surface area contributed by atoms with Gasteiger partial charge in [-0.25, -0.2) is 4.79 Å². The third kappa shape index (κ3) is 6.65. The number of oxime groups is 1. The second-order valence-corrected chi connectivity index (χ2v) is 7.99. The minimum Gasteiger partial charge on any atom is -0.497 e. The Bertz CT molecular complexity index is 1320. The molecule has 0 N–H and O–H groups in total. The van der Waals surface area contributed by atoms with Gasteiger partial charge in [0.2, 0.25) is 5.90 Å². The second kappa shape index (κ2) is 12.4. The van der Waals surface area contributed by atoms with Crippen LogP contribution in [-0.4, -0.2) is 44.2 Å². The van der Waals surface area contributed by atoms with E-state index in [9.17, 15) is 4.79 Å². The first-order valence-electron chi connectivity index (χ1n) is 11.5. The molecule has 0 radical (unpaired) electrons. The third-order valence-corrected chi connectivity index (χ3v) is 5.45. The van der Waals surface area contributed by atoms with Crippen LogP contribution in [0.25, 0.3) is 5.69 Å². The number of nitrogens with zero attached hydrogens (tertiary/aromatic N) is 7. The highest BCUT2D eigenvalue weighted by molar-refractivity contribution is 6.40. The predicted octanol–water partition coefficient (Wildman–Crippen LogP) is 3.58. The number of rotatable bonds is 10. The molecule has 36 heavy (non-hydrogen) atoms. The number of aryl methyl sites for hydroxylation is 2. The maximum atomic E-state index is 12.3. The molecule has 0 aliphatic rings. The summed E-state index contributed by atoms with van der Waals surface area (Å²) in [5.74, 6) is 1.23. The quantitative estimate of drug-likeness (QED) is 0.242. The number of tetrazole rings is 1. The van der Waals surface area contributed by atoms with Crippen molar-refractivity contribution in [3.8, 4) is 11.4 Å². The second-order valence-electron chi connectivity index (χ2n) is 7.99. The highest BCUT2D eigenvalue weighted by Crippen LogP contribution is 2.18. The lowest BCUT2D eigenvalue weighted by Gasteiger charge is -2.13. The van der Waals surface area contributed by atoms with Gasteiger partial charge in [-0.1, -0.05) is 36.3 Å². The first-order chi connectivity index (χ1) is 17.3. The van der Waals surface area contributed by atoms with Crippen LogP contribution in [0.15, 0.2) is 62.6 Å². The molecule has 1 heterocycles. The number of hydrogen-bond acceptors (Lipinski definition) is 9. The fourth-order valence-electron chi connectivity index (χ4n) is 3.09. The van der Waals surface area contributed by atoms with E-state index in [4.69, 9.17) is 14.3 Å². The van der Waals surface area contributed by atoms with Gasteiger partial charge in [-0.2, -0.15) is 14.5 Å². The van der Waals surface area contributed by atoms with Crippen molar-refractivity contribution < 1.29 is 14.3 Å². The first-order valence-corrected chi connectivity index (χ1v) is 11.5. The van der Waals surface area contributed by atoms with Crippen molar-refractivity contribution in [3.63, 3.8) is 0 Å². The van der Waals surface area contributed by atoms with Crippen molar-refractivity contribution in [1.29, 1.82) is 0 Å². The van der Waals surface area contributed by atoms with Crippen molar-refractivity contribution in [1.82, 2.24) is 19.8 Å². The van der Waals surface area contributed by atoms with E-state index in [0.717, 1.165) is 22.4 Å². The molecule has 0 unspecified atom stereocenters. The number of benzene rings is 2. The van der Waals surface area contributed by atoms with Crippen LogP contribution < -0.4 is 10.4 Å². The van der Waals surface area contributed by atoms with Gasteiger partial charge in [0.15, 0.2) is 0 Å². The molecular formula is C25H31N7O4. The molecule has 190 valence electrons. The minimum atomic E-state index is -0.338. The van der Waals surface area contributed by atoms with Crippen LogP contribution in [0.1, 0.15) is 43.9 Å². The maximum Gasteiger partial charge on any atom is 0.368 e. The van der Waals surface area contributed by atoms with Crippen LogP contribution in [0.3, 0.4) is 0 Å². The van der Waals surface area contributed by atoms with Gasteiger partial charge in [0.05, 0.1) is 24.2 Å². The Morgan fingerprint density at radius 3 is 2.39 bits per heavy atom. The van der Waals surface area contributed by atoms with Gasteiger partial charge in [0.1, 0.15) is 19.0 Å². The Morgan fingerprint density at radius 1 is 1.00 bits per heavy atom. The van der Waals surface area contributed by atoms with Crippen LogP contribution in [0.5, 0.6) is 5.75 Å². The highest BCUT2D eigenvalue weighted by atomic mass is 16.6. The smallest absolute Gasteiger partial charge is 0.368 e. The summed E-state index contributed by atoms with van der Waals surface area (Å²) in [5.41, 5.74) is 4.22. The van der Waals surface area contributed by atoms with Crippen LogP contribution in [-0.2, 0) is 29.8 Å². The molecule has 3 rings (SSSR count). The lowest BCUT2D eigenvalue weighted by Crippen LogP contribution is -2.23. The lowest BCUT2D eigenvalue weighted by molar-refractivity contribution is 0.131. The van der Waals surface area contributed by atoms with E-state index in [1.807, 2.05) is 50.2 Å². The zero-order chi connectivity index (χ0) is 26.1. The van der Waals surface area contributed by atoms with Crippen LogP contribution in [0.4, 0.5) is 0 Å². The molecule has 11 nitrogen and oxygen atoms in total. The standard InChI is InChI=1S/C25H31N7O4/c1-7-24(27-26-18(3)19(4)28-36-15-20-11-13-21(34-6)14-12-20)35-16-22-17(2)9-8-10-23(22)32-25(33)31(5)29-30-32/h8-14H,7,15-16H2,1-6H3/b26-18+,27-24-,28-19-. The van der Waals surface area contributed by atoms with E-state index >= 15 is 0 Å². The van der Waals surface area contributed by atoms with E-state index < -0.39 is 0 Å². The molecule has 0 bridgehead atoms. The fourth-order valence-corrected chi connectivity index (χ4v) is 3.09. The zero-order valence-electron chi connectivity index (χ0n) is 21.4. The lowest BCUT2D eigenvalue weighted by atomic mass is 10.1. The topological polar surface area (TPSA) is 117 Å². The van der Waals surface area contributed by atoms with E-state index in [0.29, 0.717) is 36.0 Å². The van der Waals surface area contributed by atoms with Gasteiger partial charge in [-0.3, -0.25) is 0 Å². The third-order valence-electron chi connectivity index (χ3n) is 5.45. The Morgan fingerprint density at radius 2 is 1.75 bits per heavy atom. The normalized spacial score (nSPS) is 12.6. The summed E-state index contributed by atoms with van der Waals surface area (Å²) in [6.45, 7) is 7.99. The van der Waals surface area contributed by atoms with E-state index in [-0.39, 0.29) is 12.3 Å². The average Bonchev–Trinajstić information content (AvgIpc) is 3.22. The van der Waals surface area contributed by atoms with Crippen molar-refractivity contribution in [2.75, 3.05) is 7.11 Å². The summed E-state index contributed by atoms with van der Waals surface area (Å²) in [5, 5.41) is 20.4. The molecule has 3 aromatic rings. The summed E-state index contributed by atoms with van der Waals surface area (Å²) in [4.78, 5) is 17.8. The molecule has 0 aliphatic heterocycles. The fraction of sp³-hybridized carbons (Fsp3) is 0.360. The van der Waals surface area contributed by atoms with Gasteiger partial charge in [0.25, 0.3) is 0 Å². The molecule has 0 amide bonds. The predicted molar refractivity (Wildman–Crippen MR) is 138 cm³/mol. The van der Waals surface area contributed by atoms with E-state index in [1.165, 1.54) is 9.36 Å². The molecule has 1 aromatic heterocycles. The maximum absolute atomic E-state index is 12.3. The van der Waals surface area contributed by atoms with Gasteiger partial charge < -0.3 is 14.3 Å². The molecule has 0 fully saturated rings. The van der Waals surface area contributed by atoms with E-state index in [2.05, 4.69) is 25.8 Å². The van der Waals surface area contributed by atoms with E-state index in [1.54, 1.807) is 34.1 Å². The Hall–Kier alpha value is -4.28. The molecule has 0 atom stereocenters. The molecule has 0 aliphatic carbocycles. The monoisotopic (exact) mass is 493 g/mol. The van der Waals surface area contributed by atoms with Gasteiger partial charge in [-0.15, -0.1) is 5.10 Å². The Labute approximate surface area is 209 Å². The SMILES string of the molecule is CC/C(=N/N=C(C)/C(C)=N\OCc1ccc(OC)cc1)OCc1c(C)cccc1-n1nnn(C)c1=O. The van der Waals surface area contributed by atoms with Gasteiger partial charge >= 0.3 is 5.69 Å². The summed E-state index contributed by atoms with van der Waals surface area (Å²) in [6.07, 6.45) is 0.535. The number of ether oxygens (including phenoxy) is 2. The summed E-state index contributed by atoms with van der Waals surface area (Å²) in [6, 6.07) is 13.2. The van der Waals surface area contributed by atoms with Crippen molar-refractivity contribution >= 4 is 17.3 Å². The van der Waals surface area contributed by atoms with Crippen LogP contribution in [0.2, 0.25) is 0 Å². The zero-order valence-corrected chi connectivity index (χ0v) is 21.4. The van der Waals surface area contributed by atoms with Crippen molar-refractivity contribution in [3.05, 3.63) is 69.6 Å². The molecular weight excluding hydrogens is 462 g/mol. The van der Waals surface area contributed by atoms with Crippen molar-refractivity contribution in [2.24, 2.45) is 22.4 Å². The molecule has 11 heteroatoms. The van der Waals surface area contributed by atoms with Crippen LogP contribution in [0, 0.1) is 6.92 Å². The summed E-state index contributed by atoms with van der Waals surface area (Å²) in [7, 11) is 3.18.